The van der Waals surface area contributed by atoms with Gasteiger partial charge in [0, 0.05) is 58.4 Å². The van der Waals surface area contributed by atoms with Gasteiger partial charge in [-0.05, 0) is 13.8 Å². The van der Waals surface area contributed by atoms with Gasteiger partial charge in [-0.2, -0.15) is 0 Å². The molecule has 0 amide bonds. The van der Waals surface area contributed by atoms with Crippen LogP contribution in [-0.2, 0) is 19.2 Å². The fourth-order valence-electron chi connectivity index (χ4n) is 3.48. The number of carboxylic acid groups (broad SMARTS) is 2. The molecular weight excluding hydrogens is 493 g/mol. The quantitative estimate of drug-likeness (QED) is 0.232. The first kappa shape index (κ1) is 45.9. The molecule has 0 aliphatic carbocycles. The van der Waals surface area contributed by atoms with Crippen LogP contribution in [0.1, 0.15) is 27.7 Å². The number of carboxylic acids is 2. The van der Waals surface area contributed by atoms with E-state index in [1.54, 1.807) is 30.6 Å². The molecule has 0 radical (unpaired) electrons. The SMILES string of the molecule is C[C@H]([C-]=O)N1CCN([C@@H](C)[C-]=O)CCN([C@H](C)C(=O)O)CCN([C@@H](C)C(=O)[O-])CC1.[Na+].[Na+].[Na+].[OH-].[OH-]. The average molecular weight is 528 g/mol. The van der Waals surface area contributed by atoms with Crippen molar-refractivity contribution in [2.45, 2.75) is 51.9 Å². The van der Waals surface area contributed by atoms with Gasteiger partial charge in [0.05, 0.1) is 5.97 Å². The predicted molar refractivity (Wildman–Crippen MR) is 112 cm³/mol. The van der Waals surface area contributed by atoms with Crippen LogP contribution in [0.5, 0.6) is 0 Å². The van der Waals surface area contributed by atoms with Gasteiger partial charge < -0.3 is 45.3 Å². The van der Waals surface area contributed by atoms with Gasteiger partial charge in [0.25, 0.3) is 0 Å². The van der Waals surface area contributed by atoms with Crippen molar-refractivity contribution in [3.05, 3.63) is 0 Å². The summed E-state index contributed by atoms with van der Waals surface area (Å²) >= 11 is 0. The Labute approximate surface area is 274 Å². The minimum atomic E-state index is -1.21. The summed E-state index contributed by atoms with van der Waals surface area (Å²) in [4.78, 5) is 52.7. The zero-order valence-corrected chi connectivity index (χ0v) is 28.1. The molecule has 0 aromatic rings. The summed E-state index contributed by atoms with van der Waals surface area (Å²) in [6, 6.07) is -2.56. The summed E-state index contributed by atoms with van der Waals surface area (Å²) < 4.78 is 0. The van der Waals surface area contributed by atoms with Crippen LogP contribution in [0, 0.1) is 0 Å². The molecule has 35 heavy (non-hydrogen) atoms. The van der Waals surface area contributed by atoms with E-state index in [0.717, 1.165) is 0 Å². The molecule has 1 saturated heterocycles. The maximum absolute atomic E-state index is 11.5. The van der Waals surface area contributed by atoms with Crippen LogP contribution in [-0.4, -0.2) is 137 Å². The maximum Gasteiger partial charge on any atom is 1.00 e. The number of rotatable bonds is 8. The predicted octanol–water partition coefficient (Wildman–Crippen LogP) is -11.5. The smallest absolute Gasteiger partial charge is 0.870 e. The molecule has 3 N–H and O–H groups in total. The van der Waals surface area contributed by atoms with Crippen LogP contribution in [0.2, 0.25) is 0 Å². The zero-order valence-electron chi connectivity index (χ0n) is 22.1. The molecule has 12 nitrogen and oxygen atoms in total. The molecule has 4 atom stereocenters. The van der Waals surface area contributed by atoms with Crippen LogP contribution in [0.3, 0.4) is 0 Å². The molecule has 1 aliphatic heterocycles. The Morgan fingerprint density at radius 3 is 1.14 bits per heavy atom. The third-order valence-corrected chi connectivity index (χ3v) is 5.93. The molecule has 1 aliphatic rings. The first-order valence-electron chi connectivity index (χ1n) is 10.3. The first-order chi connectivity index (χ1) is 14.1. The van der Waals surface area contributed by atoms with Crippen molar-refractivity contribution >= 4 is 24.5 Å². The maximum atomic E-state index is 11.5. The van der Waals surface area contributed by atoms with E-state index in [-0.39, 0.29) is 99.6 Å². The minimum Gasteiger partial charge on any atom is -0.870 e. The Balaban J connectivity index is -0.000000600. The van der Waals surface area contributed by atoms with Crippen LogP contribution in [0.15, 0.2) is 0 Å². The van der Waals surface area contributed by atoms with E-state index >= 15 is 0 Å². The molecule has 15 heteroatoms. The van der Waals surface area contributed by atoms with Crippen molar-refractivity contribution in [1.82, 2.24) is 19.6 Å². The van der Waals surface area contributed by atoms with Crippen molar-refractivity contribution < 1.29 is 129 Å². The standard InChI is InChI=1S/C20H34N4O6.3Na.2H2O/c1-15(13-25)21-5-6-22(16(2)14-26)8-10-24(18(4)20(29)30)12-11-23(9-7-21)17(3)19(27)28;;;;;/h15-18H,5-12H2,1-4H3,(H,27,28)(H,29,30);;;;2*1H2/q-2;3*+1;;/p-3/t15-,16+,17+,18-;;;;;. The molecule has 0 spiro atoms. The van der Waals surface area contributed by atoms with Gasteiger partial charge in [0.2, 0.25) is 0 Å². The summed E-state index contributed by atoms with van der Waals surface area (Å²) in [6.45, 7) is 9.83. The molecule has 0 aromatic heterocycles. The van der Waals surface area contributed by atoms with Crippen molar-refractivity contribution in [3.63, 3.8) is 0 Å². The summed E-state index contributed by atoms with van der Waals surface area (Å²) in [5.74, 6) is -2.17. The number of nitrogens with zero attached hydrogens (tertiary/aromatic N) is 4. The van der Waals surface area contributed by atoms with Gasteiger partial charge in [0.15, 0.2) is 0 Å². The normalized spacial score (nSPS) is 20.0. The second-order valence-electron chi connectivity index (χ2n) is 7.74. The second kappa shape index (κ2) is 24.1. The Bertz CT molecular complexity index is 559. The Hall–Kier alpha value is 1.04. The van der Waals surface area contributed by atoms with Crippen LogP contribution in [0.4, 0.5) is 0 Å². The molecule has 1 heterocycles. The molecule has 0 aromatic carbocycles. The van der Waals surface area contributed by atoms with Gasteiger partial charge in [-0.1, -0.05) is 25.9 Å². The molecule has 1 fully saturated rings. The Kier molecular flexibility index (Phi) is 31.6. The molecule has 0 saturated carbocycles. The van der Waals surface area contributed by atoms with E-state index in [0.29, 0.717) is 52.4 Å². The minimum absolute atomic E-state index is 0. The third-order valence-electron chi connectivity index (χ3n) is 5.93. The number of hydrogen-bond acceptors (Lipinski definition) is 11. The summed E-state index contributed by atoms with van der Waals surface area (Å²) in [7, 11) is 0. The van der Waals surface area contributed by atoms with E-state index in [4.69, 9.17) is 0 Å². The number of carbonyl (C=O) groups is 2. The molecule has 0 bridgehead atoms. The molecular formula is C20H35N4Na3O8-2. The number of hydrogen-bond donors (Lipinski definition) is 1. The van der Waals surface area contributed by atoms with E-state index in [2.05, 4.69) is 0 Å². The van der Waals surface area contributed by atoms with Crippen molar-refractivity contribution in [1.29, 1.82) is 0 Å². The monoisotopic (exact) mass is 528 g/mol. The Morgan fingerprint density at radius 1 is 0.657 bits per heavy atom. The van der Waals surface area contributed by atoms with Crippen LogP contribution >= 0.6 is 0 Å². The van der Waals surface area contributed by atoms with Crippen molar-refractivity contribution in [3.8, 4) is 0 Å². The molecule has 188 valence electrons. The summed E-state index contributed by atoms with van der Waals surface area (Å²) in [5.41, 5.74) is 0. The van der Waals surface area contributed by atoms with E-state index in [9.17, 15) is 29.4 Å². The fourth-order valence-corrected chi connectivity index (χ4v) is 3.48. The van der Waals surface area contributed by atoms with Gasteiger partial charge in [0.1, 0.15) is 6.04 Å². The first-order valence-corrected chi connectivity index (χ1v) is 10.3. The summed E-state index contributed by atoms with van der Waals surface area (Å²) in [6.07, 6.45) is 3.94. The average Bonchev–Trinajstić information content (AvgIpc) is 2.71. The third kappa shape index (κ3) is 15.9. The molecule has 1 rings (SSSR count). The van der Waals surface area contributed by atoms with Crippen LogP contribution in [0.25, 0.3) is 0 Å². The largest absolute Gasteiger partial charge is 1.00 e. The Morgan fingerprint density at radius 2 is 0.914 bits per heavy atom. The van der Waals surface area contributed by atoms with Gasteiger partial charge in [-0.15, -0.1) is 0 Å². The van der Waals surface area contributed by atoms with Gasteiger partial charge >= 0.3 is 94.6 Å². The zero-order chi connectivity index (χ0) is 22.8. The number of aliphatic carboxylic acids is 2. The van der Waals surface area contributed by atoms with Crippen molar-refractivity contribution in [2.24, 2.45) is 0 Å². The van der Waals surface area contributed by atoms with Crippen molar-refractivity contribution in [2.75, 3.05) is 52.4 Å². The van der Waals surface area contributed by atoms with E-state index in [1.165, 1.54) is 6.92 Å². The van der Waals surface area contributed by atoms with Gasteiger partial charge in [-0.3, -0.25) is 14.6 Å². The van der Waals surface area contributed by atoms with E-state index < -0.39 is 36.1 Å². The fraction of sp³-hybridized carbons (Fsp3) is 0.800. The second-order valence-corrected chi connectivity index (χ2v) is 7.74. The summed E-state index contributed by atoms with van der Waals surface area (Å²) in [5, 5.41) is 20.9. The van der Waals surface area contributed by atoms with Gasteiger partial charge in [-0.25, -0.2) is 12.6 Å². The topological polar surface area (TPSA) is 185 Å². The number of carbonyl (C=O) groups excluding carboxylic acids is 3. The van der Waals surface area contributed by atoms with Crippen LogP contribution < -0.4 is 93.8 Å². The molecule has 0 unspecified atom stereocenters. The van der Waals surface area contributed by atoms with E-state index in [1.807, 2.05) is 22.4 Å².